The quantitative estimate of drug-likeness (QED) is 0.835. The van der Waals surface area contributed by atoms with Crippen LogP contribution in [0.2, 0.25) is 0 Å². The highest BCUT2D eigenvalue weighted by Crippen LogP contribution is 2.26. The molecule has 1 fully saturated rings. The molecule has 2 rings (SSSR count). The van der Waals surface area contributed by atoms with Crippen molar-refractivity contribution in [2.45, 2.75) is 51.6 Å². The van der Waals surface area contributed by atoms with Gasteiger partial charge in [-0.1, -0.05) is 6.92 Å². The molecule has 0 bridgehead atoms. The molecular weight excluding hydrogens is 248 g/mol. The number of hydrogen-bond donors (Lipinski definition) is 2. The van der Waals surface area contributed by atoms with Crippen molar-refractivity contribution in [1.82, 2.24) is 15.2 Å². The number of likely N-dealkylation sites (tertiary alicyclic amines) is 1. The molecule has 0 saturated carbocycles. The van der Waals surface area contributed by atoms with Crippen LogP contribution in [0.1, 0.15) is 39.2 Å². The standard InChI is InChI=1S/C16H28N4/c1-4-18-14(11-13-7-8-19-15(17)12-13)16(2,3)20-9-5-6-10-20/h7-8,12,14,18H,4-6,9-11H2,1-3H3,(H2,17,19). The van der Waals surface area contributed by atoms with Crippen LogP contribution in [-0.4, -0.2) is 41.1 Å². The summed E-state index contributed by atoms with van der Waals surface area (Å²) in [7, 11) is 0. The predicted molar refractivity (Wildman–Crippen MR) is 84.7 cm³/mol. The molecule has 4 heteroatoms. The first kappa shape index (κ1) is 15.3. The van der Waals surface area contributed by atoms with Crippen LogP contribution in [0.25, 0.3) is 0 Å². The van der Waals surface area contributed by atoms with Crippen molar-refractivity contribution >= 4 is 5.82 Å². The van der Waals surface area contributed by atoms with E-state index < -0.39 is 0 Å². The minimum atomic E-state index is 0.157. The number of likely N-dealkylation sites (N-methyl/N-ethyl adjacent to an activating group) is 1. The summed E-state index contributed by atoms with van der Waals surface area (Å²) in [4.78, 5) is 6.70. The van der Waals surface area contributed by atoms with Crippen molar-refractivity contribution < 1.29 is 0 Å². The number of aromatic nitrogens is 1. The summed E-state index contributed by atoms with van der Waals surface area (Å²) in [6.07, 6.45) is 5.44. The molecule has 20 heavy (non-hydrogen) atoms. The Bertz CT molecular complexity index is 424. The van der Waals surface area contributed by atoms with Gasteiger partial charge < -0.3 is 11.1 Å². The smallest absolute Gasteiger partial charge is 0.123 e. The molecule has 4 nitrogen and oxygen atoms in total. The highest BCUT2D eigenvalue weighted by Gasteiger charge is 2.36. The number of nitrogen functional groups attached to an aromatic ring is 1. The van der Waals surface area contributed by atoms with E-state index >= 15 is 0 Å². The van der Waals surface area contributed by atoms with Gasteiger partial charge in [0.1, 0.15) is 5.82 Å². The summed E-state index contributed by atoms with van der Waals surface area (Å²) in [6, 6.07) is 4.48. The molecule has 1 aliphatic rings. The first-order valence-corrected chi connectivity index (χ1v) is 7.73. The van der Waals surface area contributed by atoms with Crippen molar-refractivity contribution in [3.63, 3.8) is 0 Å². The minimum absolute atomic E-state index is 0.157. The van der Waals surface area contributed by atoms with E-state index in [4.69, 9.17) is 5.73 Å². The zero-order valence-electron chi connectivity index (χ0n) is 13.0. The predicted octanol–water partition coefficient (Wildman–Crippen LogP) is 2.06. The van der Waals surface area contributed by atoms with Gasteiger partial charge >= 0.3 is 0 Å². The van der Waals surface area contributed by atoms with E-state index in [1.54, 1.807) is 6.20 Å². The van der Waals surface area contributed by atoms with E-state index in [-0.39, 0.29) is 5.54 Å². The maximum absolute atomic E-state index is 5.80. The Kier molecular flexibility index (Phi) is 5.00. The minimum Gasteiger partial charge on any atom is -0.384 e. The van der Waals surface area contributed by atoms with Gasteiger partial charge in [-0.2, -0.15) is 0 Å². The van der Waals surface area contributed by atoms with Crippen molar-refractivity contribution in [3.8, 4) is 0 Å². The third kappa shape index (κ3) is 3.49. The third-order valence-corrected chi connectivity index (χ3v) is 4.51. The molecular formula is C16H28N4. The number of rotatable bonds is 6. The zero-order valence-corrected chi connectivity index (χ0v) is 13.0. The first-order chi connectivity index (χ1) is 9.54. The Morgan fingerprint density at radius 3 is 2.70 bits per heavy atom. The number of pyridine rings is 1. The third-order valence-electron chi connectivity index (χ3n) is 4.51. The van der Waals surface area contributed by atoms with Crippen LogP contribution in [0.3, 0.4) is 0 Å². The molecule has 0 amide bonds. The molecule has 1 atom stereocenters. The van der Waals surface area contributed by atoms with Gasteiger partial charge in [-0.3, -0.25) is 4.90 Å². The molecule has 1 unspecified atom stereocenters. The van der Waals surface area contributed by atoms with Crippen LogP contribution >= 0.6 is 0 Å². The molecule has 1 aromatic rings. The number of nitrogens with two attached hydrogens (primary N) is 1. The molecule has 0 spiro atoms. The van der Waals surface area contributed by atoms with Gasteiger partial charge in [0.05, 0.1) is 0 Å². The molecule has 1 saturated heterocycles. The SMILES string of the molecule is CCNC(Cc1ccnc(N)c1)C(C)(C)N1CCCC1. The summed E-state index contributed by atoms with van der Waals surface area (Å²) in [5.74, 6) is 0.608. The molecule has 1 aliphatic heterocycles. The Morgan fingerprint density at radius 2 is 2.10 bits per heavy atom. The second-order valence-corrected chi connectivity index (χ2v) is 6.25. The fourth-order valence-electron chi connectivity index (χ4n) is 3.19. The van der Waals surface area contributed by atoms with E-state index in [9.17, 15) is 0 Å². The first-order valence-electron chi connectivity index (χ1n) is 7.73. The molecule has 0 aromatic carbocycles. The lowest BCUT2D eigenvalue weighted by Gasteiger charge is -2.42. The average molecular weight is 276 g/mol. The second-order valence-electron chi connectivity index (χ2n) is 6.25. The van der Waals surface area contributed by atoms with Gasteiger partial charge in [0.25, 0.3) is 0 Å². The Hall–Kier alpha value is -1.13. The summed E-state index contributed by atoms with van der Waals surface area (Å²) in [5.41, 5.74) is 7.21. The fraction of sp³-hybridized carbons (Fsp3) is 0.688. The monoisotopic (exact) mass is 276 g/mol. The molecule has 3 N–H and O–H groups in total. The van der Waals surface area contributed by atoms with Gasteiger partial charge in [0, 0.05) is 17.8 Å². The Morgan fingerprint density at radius 1 is 1.40 bits per heavy atom. The van der Waals surface area contributed by atoms with E-state index in [1.165, 1.54) is 31.5 Å². The largest absolute Gasteiger partial charge is 0.384 e. The molecule has 2 heterocycles. The van der Waals surface area contributed by atoms with Crippen molar-refractivity contribution in [2.75, 3.05) is 25.4 Å². The number of hydrogen-bond acceptors (Lipinski definition) is 4. The number of nitrogens with one attached hydrogen (secondary N) is 1. The highest BCUT2D eigenvalue weighted by atomic mass is 15.2. The Labute approximate surface area is 122 Å². The van der Waals surface area contributed by atoms with Crippen molar-refractivity contribution in [3.05, 3.63) is 23.9 Å². The summed E-state index contributed by atoms with van der Waals surface area (Å²) < 4.78 is 0. The molecule has 1 aromatic heterocycles. The van der Waals surface area contributed by atoms with Crippen LogP contribution in [0.5, 0.6) is 0 Å². The van der Waals surface area contributed by atoms with E-state index in [2.05, 4.69) is 42.0 Å². The van der Waals surface area contributed by atoms with Crippen LogP contribution in [0.15, 0.2) is 18.3 Å². The average Bonchev–Trinajstić information content (AvgIpc) is 2.93. The van der Waals surface area contributed by atoms with E-state index in [0.717, 1.165) is 13.0 Å². The normalized spacial score (nSPS) is 18.4. The maximum Gasteiger partial charge on any atom is 0.123 e. The van der Waals surface area contributed by atoms with Crippen LogP contribution in [0, 0.1) is 0 Å². The molecule has 0 aliphatic carbocycles. The molecule has 0 radical (unpaired) electrons. The maximum atomic E-state index is 5.80. The lowest BCUT2D eigenvalue weighted by Crippen LogP contribution is -2.57. The summed E-state index contributed by atoms with van der Waals surface area (Å²) >= 11 is 0. The fourth-order valence-corrected chi connectivity index (χ4v) is 3.19. The van der Waals surface area contributed by atoms with Crippen LogP contribution < -0.4 is 11.1 Å². The van der Waals surface area contributed by atoms with Crippen molar-refractivity contribution in [1.29, 1.82) is 0 Å². The Balaban J connectivity index is 2.13. The number of anilines is 1. The van der Waals surface area contributed by atoms with Crippen LogP contribution in [0.4, 0.5) is 5.82 Å². The zero-order chi connectivity index (χ0) is 14.6. The topological polar surface area (TPSA) is 54.2 Å². The lowest BCUT2D eigenvalue weighted by molar-refractivity contribution is 0.107. The number of nitrogens with zero attached hydrogens (tertiary/aromatic N) is 2. The molecule has 112 valence electrons. The van der Waals surface area contributed by atoms with Gasteiger partial charge in [-0.05, 0) is 70.4 Å². The van der Waals surface area contributed by atoms with Gasteiger partial charge in [-0.15, -0.1) is 0 Å². The van der Waals surface area contributed by atoms with E-state index in [1.807, 2.05) is 6.07 Å². The van der Waals surface area contributed by atoms with Gasteiger partial charge in [-0.25, -0.2) is 4.98 Å². The second kappa shape index (κ2) is 6.55. The van der Waals surface area contributed by atoms with Crippen molar-refractivity contribution in [2.24, 2.45) is 0 Å². The summed E-state index contributed by atoms with van der Waals surface area (Å²) in [5, 5.41) is 3.66. The van der Waals surface area contributed by atoms with Gasteiger partial charge in [0.15, 0.2) is 0 Å². The summed E-state index contributed by atoms with van der Waals surface area (Å²) in [6.45, 7) is 10.3. The van der Waals surface area contributed by atoms with Crippen LogP contribution in [-0.2, 0) is 6.42 Å². The van der Waals surface area contributed by atoms with Gasteiger partial charge in [0.2, 0.25) is 0 Å². The van der Waals surface area contributed by atoms with E-state index in [0.29, 0.717) is 11.9 Å². The highest BCUT2D eigenvalue weighted by molar-refractivity contribution is 5.32. The lowest BCUT2D eigenvalue weighted by atomic mass is 9.87.